The van der Waals surface area contributed by atoms with Crippen LogP contribution in [0.1, 0.15) is 43.5 Å². The molecule has 1 aromatic heterocycles. The van der Waals surface area contributed by atoms with Crippen molar-refractivity contribution in [3.05, 3.63) is 117 Å². The number of ether oxygens (including phenoxy) is 4. The third-order valence-corrected chi connectivity index (χ3v) is 9.12. The molecule has 0 amide bonds. The number of nitrogens with zero attached hydrogens (tertiary/aromatic N) is 2. The number of esters is 1. The fourth-order valence-corrected chi connectivity index (χ4v) is 6.99. The SMILES string of the molecule is CCOC(=O)C1=C(C)N=c2s/c(=C\c3cc(Br)c(OCc4ccc(Cl)cc4Cl)c(OCC)c3)c(=O)n2[C@@H]1c1ccc(OC)cc1. The molecule has 4 aromatic rings. The van der Waals surface area contributed by atoms with E-state index >= 15 is 0 Å². The van der Waals surface area contributed by atoms with Gasteiger partial charge in [0, 0.05) is 15.6 Å². The van der Waals surface area contributed by atoms with Gasteiger partial charge in [0.1, 0.15) is 12.4 Å². The van der Waals surface area contributed by atoms with Crippen LogP contribution in [0.25, 0.3) is 6.08 Å². The maximum absolute atomic E-state index is 14.0. The molecular formula is C33H29BrCl2N2O6S. The quantitative estimate of drug-likeness (QED) is 0.166. The second kappa shape index (κ2) is 14.2. The number of hydrogen-bond acceptors (Lipinski definition) is 8. The Bertz CT molecular complexity index is 1970. The average Bonchev–Trinajstić information content (AvgIpc) is 3.31. The molecule has 0 unspecified atom stereocenters. The van der Waals surface area contributed by atoms with Crippen LogP contribution in [0.2, 0.25) is 10.0 Å². The van der Waals surface area contributed by atoms with E-state index in [0.29, 0.717) is 64.5 Å². The highest BCUT2D eigenvalue weighted by Crippen LogP contribution is 2.38. The minimum Gasteiger partial charge on any atom is -0.497 e. The van der Waals surface area contributed by atoms with E-state index in [1.165, 1.54) is 11.3 Å². The van der Waals surface area contributed by atoms with E-state index in [1.54, 1.807) is 61.9 Å². The first-order valence-corrected chi connectivity index (χ1v) is 16.4. The van der Waals surface area contributed by atoms with E-state index in [2.05, 4.69) is 20.9 Å². The highest BCUT2D eigenvalue weighted by Gasteiger charge is 2.33. The summed E-state index contributed by atoms with van der Waals surface area (Å²) in [5.74, 6) is 1.13. The largest absolute Gasteiger partial charge is 0.497 e. The number of aromatic nitrogens is 1. The molecule has 3 aromatic carbocycles. The Morgan fingerprint density at radius 1 is 1.07 bits per heavy atom. The molecule has 1 aliphatic rings. The van der Waals surface area contributed by atoms with Crippen LogP contribution in [-0.4, -0.2) is 30.9 Å². The van der Waals surface area contributed by atoms with Crippen LogP contribution < -0.4 is 29.1 Å². The first kappa shape index (κ1) is 32.8. The van der Waals surface area contributed by atoms with Crippen molar-refractivity contribution in [2.24, 2.45) is 4.99 Å². The van der Waals surface area contributed by atoms with Crippen LogP contribution >= 0.6 is 50.5 Å². The highest BCUT2D eigenvalue weighted by atomic mass is 79.9. The van der Waals surface area contributed by atoms with Crippen molar-refractivity contribution in [2.75, 3.05) is 20.3 Å². The van der Waals surface area contributed by atoms with Crippen LogP contribution in [0.4, 0.5) is 0 Å². The Morgan fingerprint density at radius 2 is 1.82 bits per heavy atom. The van der Waals surface area contributed by atoms with Gasteiger partial charge in [-0.25, -0.2) is 9.79 Å². The van der Waals surface area contributed by atoms with E-state index in [-0.39, 0.29) is 18.8 Å². The van der Waals surface area contributed by atoms with Gasteiger partial charge in [-0.3, -0.25) is 9.36 Å². The topological polar surface area (TPSA) is 88.4 Å². The third kappa shape index (κ3) is 6.99. The lowest BCUT2D eigenvalue weighted by Crippen LogP contribution is -2.39. The number of halogens is 3. The van der Waals surface area contributed by atoms with Gasteiger partial charge in [-0.05, 0) is 90.3 Å². The zero-order chi connectivity index (χ0) is 32.2. The summed E-state index contributed by atoms with van der Waals surface area (Å²) < 4.78 is 25.3. The van der Waals surface area contributed by atoms with E-state index in [4.69, 9.17) is 42.1 Å². The summed E-state index contributed by atoms with van der Waals surface area (Å²) in [5, 5.41) is 1.04. The Hall–Kier alpha value is -3.57. The molecule has 12 heteroatoms. The Morgan fingerprint density at radius 3 is 2.49 bits per heavy atom. The van der Waals surface area contributed by atoms with Crippen molar-refractivity contribution in [3.63, 3.8) is 0 Å². The van der Waals surface area contributed by atoms with Crippen molar-refractivity contribution >= 4 is 62.5 Å². The average molecular weight is 732 g/mol. The van der Waals surface area contributed by atoms with Gasteiger partial charge in [-0.15, -0.1) is 0 Å². The predicted octanol–water partition coefficient (Wildman–Crippen LogP) is 6.85. The number of rotatable bonds is 10. The standard InChI is InChI=1S/C33H29BrCl2N2O6S/c1-5-42-26-14-19(13-24(34)30(26)44-17-21-7-10-22(35)16-25(21)36)15-27-31(39)38-29(20-8-11-23(41-4)12-9-20)28(32(40)43-6-2)18(3)37-33(38)45-27/h7-16,29H,5-6,17H2,1-4H3/b27-15-/t29-/m1/s1. The summed E-state index contributed by atoms with van der Waals surface area (Å²) in [6.45, 7) is 6.15. The molecule has 1 atom stereocenters. The Labute approximate surface area is 282 Å². The first-order valence-electron chi connectivity index (χ1n) is 14.0. The Kier molecular flexibility index (Phi) is 10.4. The van der Waals surface area contributed by atoms with E-state index < -0.39 is 12.0 Å². The molecule has 5 rings (SSSR count). The van der Waals surface area contributed by atoms with E-state index in [9.17, 15) is 9.59 Å². The Balaban J connectivity index is 1.58. The van der Waals surface area contributed by atoms with Gasteiger partial charge in [-0.2, -0.15) is 0 Å². The van der Waals surface area contributed by atoms with Crippen molar-refractivity contribution in [1.82, 2.24) is 4.57 Å². The molecular weight excluding hydrogens is 703 g/mol. The monoisotopic (exact) mass is 730 g/mol. The summed E-state index contributed by atoms with van der Waals surface area (Å²) in [6, 6.07) is 15.4. The number of hydrogen-bond donors (Lipinski definition) is 0. The number of thiazole rings is 1. The first-order chi connectivity index (χ1) is 21.6. The second-order valence-electron chi connectivity index (χ2n) is 9.86. The fraction of sp³-hybridized carbons (Fsp3) is 0.242. The maximum Gasteiger partial charge on any atom is 0.338 e. The summed E-state index contributed by atoms with van der Waals surface area (Å²) in [5.41, 5.74) is 2.71. The molecule has 0 aliphatic carbocycles. The third-order valence-electron chi connectivity index (χ3n) is 6.97. The molecule has 0 radical (unpaired) electrons. The lowest BCUT2D eigenvalue weighted by atomic mass is 9.96. The van der Waals surface area contributed by atoms with Crippen LogP contribution in [0.5, 0.6) is 17.2 Å². The molecule has 0 saturated carbocycles. The zero-order valence-corrected chi connectivity index (χ0v) is 28.8. The van der Waals surface area contributed by atoms with Gasteiger partial charge >= 0.3 is 5.97 Å². The van der Waals surface area contributed by atoms with Crippen molar-refractivity contribution in [3.8, 4) is 17.2 Å². The van der Waals surface area contributed by atoms with Gasteiger partial charge in [-0.1, -0.05) is 52.7 Å². The van der Waals surface area contributed by atoms with Gasteiger partial charge in [0.15, 0.2) is 16.3 Å². The van der Waals surface area contributed by atoms with Gasteiger partial charge in [0.05, 0.1) is 46.6 Å². The number of fused-ring (bicyclic) bond motifs is 1. The fourth-order valence-electron chi connectivity index (χ4n) is 4.91. The maximum atomic E-state index is 14.0. The molecule has 0 saturated heterocycles. The smallest absolute Gasteiger partial charge is 0.338 e. The number of methoxy groups -OCH3 is 1. The number of allylic oxidation sites excluding steroid dienone is 1. The number of carbonyl (C=O) groups excluding carboxylic acids is 1. The van der Waals surface area contributed by atoms with Crippen molar-refractivity contribution in [1.29, 1.82) is 0 Å². The van der Waals surface area contributed by atoms with E-state index in [0.717, 1.165) is 11.1 Å². The van der Waals surface area contributed by atoms with Crippen LogP contribution in [-0.2, 0) is 16.1 Å². The van der Waals surface area contributed by atoms with Crippen LogP contribution in [0.15, 0.2) is 80.1 Å². The molecule has 0 bridgehead atoms. The molecule has 1 aliphatic heterocycles. The second-order valence-corrected chi connectivity index (χ2v) is 12.6. The minimum atomic E-state index is -0.727. The van der Waals surface area contributed by atoms with Gasteiger partial charge in [0.25, 0.3) is 5.56 Å². The summed E-state index contributed by atoms with van der Waals surface area (Å²) in [4.78, 5) is 32.3. The highest BCUT2D eigenvalue weighted by molar-refractivity contribution is 9.10. The molecule has 8 nitrogen and oxygen atoms in total. The molecule has 234 valence electrons. The van der Waals surface area contributed by atoms with Gasteiger partial charge in [0.2, 0.25) is 0 Å². The van der Waals surface area contributed by atoms with E-state index in [1.807, 2.05) is 31.2 Å². The van der Waals surface area contributed by atoms with Crippen molar-refractivity contribution < 1.29 is 23.7 Å². The molecule has 45 heavy (non-hydrogen) atoms. The van der Waals surface area contributed by atoms with Crippen LogP contribution in [0.3, 0.4) is 0 Å². The van der Waals surface area contributed by atoms with Crippen LogP contribution in [0, 0.1) is 0 Å². The lowest BCUT2D eigenvalue weighted by molar-refractivity contribution is -0.139. The lowest BCUT2D eigenvalue weighted by Gasteiger charge is -2.24. The normalized spacial score (nSPS) is 14.6. The number of carbonyl (C=O) groups is 1. The molecule has 0 spiro atoms. The number of benzene rings is 3. The summed E-state index contributed by atoms with van der Waals surface area (Å²) in [7, 11) is 1.58. The van der Waals surface area contributed by atoms with Gasteiger partial charge < -0.3 is 18.9 Å². The summed E-state index contributed by atoms with van der Waals surface area (Å²) in [6.07, 6.45) is 1.77. The molecule has 0 N–H and O–H groups in total. The summed E-state index contributed by atoms with van der Waals surface area (Å²) >= 11 is 17.2. The predicted molar refractivity (Wildman–Crippen MR) is 179 cm³/mol. The molecule has 2 heterocycles. The van der Waals surface area contributed by atoms with Crippen molar-refractivity contribution in [2.45, 2.75) is 33.4 Å². The molecule has 0 fully saturated rings. The minimum absolute atomic E-state index is 0.193. The zero-order valence-electron chi connectivity index (χ0n) is 24.9.